The zero-order chi connectivity index (χ0) is 16.5. The van der Waals surface area contributed by atoms with Crippen LogP contribution in [0.15, 0.2) is 12.1 Å². The highest BCUT2D eigenvalue weighted by Crippen LogP contribution is 2.39. The lowest BCUT2D eigenvalue weighted by Gasteiger charge is -2.15. The van der Waals surface area contributed by atoms with Crippen LogP contribution in [0.2, 0.25) is 0 Å². The summed E-state index contributed by atoms with van der Waals surface area (Å²) < 4.78 is 39.2. The van der Waals surface area contributed by atoms with Crippen molar-refractivity contribution in [3.8, 4) is 17.2 Å². The molecule has 0 saturated heterocycles. The lowest BCUT2D eigenvalue weighted by atomic mass is 10.1. The fourth-order valence-corrected chi connectivity index (χ4v) is 1.79. The largest absolute Gasteiger partial charge is 0.493 e. The number of carbonyl (C=O) groups excluding carboxylic acids is 1. The van der Waals surface area contributed by atoms with Gasteiger partial charge in [0.25, 0.3) is 5.91 Å². The molecule has 0 fully saturated rings. The fraction of sp³-hybridized carbons (Fsp3) is 0.500. The molecule has 0 saturated carbocycles. The fourth-order valence-electron chi connectivity index (χ4n) is 1.79. The van der Waals surface area contributed by atoms with Crippen molar-refractivity contribution in [2.45, 2.75) is 19.5 Å². The van der Waals surface area contributed by atoms with E-state index in [1.807, 2.05) is 0 Å². The Labute approximate surface area is 127 Å². The van der Waals surface area contributed by atoms with Crippen LogP contribution in [-0.2, 0) is 0 Å². The molecule has 0 heterocycles. The zero-order valence-electron chi connectivity index (χ0n) is 12.5. The third kappa shape index (κ3) is 5.03. The summed E-state index contributed by atoms with van der Waals surface area (Å²) in [5.74, 6) is -0.629. The van der Waals surface area contributed by atoms with E-state index in [4.69, 9.17) is 15.2 Å². The van der Waals surface area contributed by atoms with Gasteiger partial charge < -0.3 is 25.3 Å². The molecule has 0 aliphatic carbocycles. The van der Waals surface area contributed by atoms with Gasteiger partial charge in [0.05, 0.1) is 14.2 Å². The summed E-state index contributed by atoms with van der Waals surface area (Å²) in [6.07, 6.45) is 1.55. The number of halogens is 2. The van der Waals surface area contributed by atoms with E-state index in [-0.39, 0.29) is 28.7 Å². The number of hydrogen-bond acceptors (Lipinski definition) is 5. The molecule has 0 aliphatic heterocycles. The molecule has 0 aliphatic rings. The highest BCUT2D eigenvalue weighted by atomic mass is 19.3. The molecule has 6 nitrogen and oxygen atoms in total. The van der Waals surface area contributed by atoms with Crippen molar-refractivity contribution < 1.29 is 27.8 Å². The van der Waals surface area contributed by atoms with Gasteiger partial charge in [-0.1, -0.05) is 0 Å². The van der Waals surface area contributed by atoms with E-state index < -0.39 is 6.61 Å². The number of nitrogens with two attached hydrogens (primary N) is 1. The van der Waals surface area contributed by atoms with Gasteiger partial charge in [-0.2, -0.15) is 8.78 Å². The highest BCUT2D eigenvalue weighted by Gasteiger charge is 2.20. The Morgan fingerprint density at radius 2 is 1.82 bits per heavy atom. The molecule has 1 amide bonds. The van der Waals surface area contributed by atoms with Crippen LogP contribution in [0.25, 0.3) is 0 Å². The number of rotatable bonds is 9. The number of alkyl halides is 2. The SMILES string of the molecule is COc1cc(C(=O)NCCCCN)cc(OC)c1OC(F)F. The normalized spacial score (nSPS) is 10.5. The summed E-state index contributed by atoms with van der Waals surface area (Å²) in [4.78, 5) is 12.0. The first-order valence-corrected chi connectivity index (χ1v) is 6.72. The van der Waals surface area contributed by atoms with Gasteiger partial charge in [-0.15, -0.1) is 0 Å². The van der Waals surface area contributed by atoms with E-state index >= 15 is 0 Å². The van der Waals surface area contributed by atoms with Crippen LogP contribution in [0.4, 0.5) is 8.78 Å². The average Bonchev–Trinajstić information content (AvgIpc) is 2.50. The Bertz CT molecular complexity index is 473. The lowest BCUT2D eigenvalue weighted by molar-refractivity contribution is -0.0526. The third-order valence-electron chi connectivity index (χ3n) is 2.85. The van der Waals surface area contributed by atoms with Crippen LogP contribution < -0.4 is 25.3 Å². The Hall–Kier alpha value is -2.09. The second-order valence-electron chi connectivity index (χ2n) is 4.34. The number of amides is 1. The average molecular weight is 318 g/mol. The standard InChI is InChI=1S/C14H20F2N2O4/c1-20-10-7-9(13(19)18-6-4-3-5-17)8-11(21-2)12(10)22-14(15)16/h7-8,14H,3-6,17H2,1-2H3,(H,18,19). The number of benzene rings is 1. The van der Waals surface area contributed by atoms with Gasteiger partial charge in [-0.05, 0) is 31.5 Å². The quantitative estimate of drug-likeness (QED) is 0.678. The van der Waals surface area contributed by atoms with Crippen molar-refractivity contribution in [3.63, 3.8) is 0 Å². The van der Waals surface area contributed by atoms with Crippen LogP contribution in [0.1, 0.15) is 23.2 Å². The molecule has 1 aromatic carbocycles. The molecule has 0 radical (unpaired) electrons. The molecule has 3 N–H and O–H groups in total. The second-order valence-corrected chi connectivity index (χ2v) is 4.34. The minimum Gasteiger partial charge on any atom is -0.493 e. The molecule has 0 spiro atoms. The summed E-state index contributed by atoms with van der Waals surface area (Å²) in [6.45, 7) is -2.01. The van der Waals surface area contributed by atoms with Crippen LogP contribution >= 0.6 is 0 Å². The summed E-state index contributed by atoms with van der Waals surface area (Å²) in [7, 11) is 2.58. The minimum atomic E-state index is -3.03. The molecule has 0 bridgehead atoms. The van der Waals surface area contributed by atoms with Gasteiger partial charge in [0, 0.05) is 12.1 Å². The van der Waals surface area contributed by atoms with E-state index in [0.717, 1.165) is 12.8 Å². The Morgan fingerprint density at radius 3 is 2.27 bits per heavy atom. The molecular weight excluding hydrogens is 298 g/mol. The van der Waals surface area contributed by atoms with E-state index in [1.54, 1.807) is 0 Å². The topological polar surface area (TPSA) is 82.8 Å². The van der Waals surface area contributed by atoms with E-state index in [2.05, 4.69) is 10.1 Å². The van der Waals surface area contributed by atoms with Gasteiger partial charge in [0.15, 0.2) is 11.5 Å². The van der Waals surface area contributed by atoms with Crippen molar-refractivity contribution in [2.75, 3.05) is 27.3 Å². The molecule has 0 unspecified atom stereocenters. The van der Waals surface area contributed by atoms with Gasteiger partial charge in [0.1, 0.15) is 0 Å². The molecule has 22 heavy (non-hydrogen) atoms. The van der Waals surface area contributed by atoms with Gasteiger partial charge in [-0.25, -0.2) is 0 Å². The van der Waals surface area contributed by atoms with Crippen molar-refractivity contribution in [3.05, 3.63) is 17.7 Å². The highest BCUT2D eigenvalue weighted by molar-refractivity contribution is 5.95. The first kappa shape index (κ1) is 18.0. The van der Waals surface area contributed by atoms with Crippen LogP contribution in [-0.4, -0.2) is 39.8 Å². The smallest absolute Gasteiger partial charge is 0.387 e. The molecular formula is C14H20F2N2O4. The molecule has 0 aromatic heterocycles. The Morgan fingerprint density at radius 1 is 1.23 bits per heavy atom. The zero-order valence-corrected chi connectivity index (χ0v) is 12.5. The van der Waals surface area contributed by atoms with Crippen molar-refractivity contribution in [1.29, 1.82) is 0 Å². The summed E-state index contributed by atoms with van der Waals surface area (Å²) in [6, 6.07) is 2.64. The van der Waals surface area contributed by atoms with Crippen LogP contribution in [0.5, 0.6) is 17.2 Å². The Kier molecular flexibility index (Phi) is 7.38. The first-order valence-electron chi connectivity index (χ1n) is 6.72. The maximum absolute atomic E-state index is 12.4. The number of ether oxygens (including phenoxy) is 3. The summed E-state index contributed by atoms with van der Waals surface area (Å²) >= 11 is 0. The lowest BCUT2D eigenvalue weighted by Crippen LogP contribution is -2.25. The number of nitrogens with one attached hydrogen (secondary N) is 1. The van der Waals surface area contributed by atoms with Crippen molar-refractivity contribution in [1.82, 2.24) is 5.32 Å². The monoisotopic (exact) mass is 318 g/mol. The number of carbonyl (C=O) groups is 1. The van der Waals surface area contributed by atoms with E-state index in [9.17, 15) is 13.6 Å². The van der Waals surface area contributed by atoms with Gasteiger partial charge >= 0.3 is 6.61 Å². The third-order valence-corrected chi connectivity index (χ3v) is 2.85. The maximum atomic E-state index is 12.4. The van der Waals surface area contributed by atoms with E-state index in [0.29, 0.717) is 13.1 Å². The predicted octanol–water partition coefficient (Wildman–Crippen LogP) is 1.77. The van der Waals surface area contributed by atoms with Crippen molar-refractivity contribution >= 4 is 5.91 Å². The first-order chi connectivity index (χ1) is 10.5. The maximum Gasteiger partial charge on any atom is 0.387 e. The molecule has 8 heteroatoms. The summed E-state index contributed by atoms with van der Waals surface area (Å²) in [5, 5.41) is 2.70. The van der Waals surface area contributed by atoms with Crippen molar-refractivity contribution in [2.24, 2.45) is 5.73 Å². The van der Waals surface area contributed by atoms with Gasteiger partial charge in [-0.3, -0.25) is 4.79 Å². The second kappa shape index (κ2) is 9.04. The molecule has 1 rings (SSSR count). The molecule has 124 valence electrons. The summed E-state index contributed by atoms with van der Waals surface area (Å²) in [5.41, 5.74) is 5.59. The van der Waals surface area contributed by atoms with Gasteiger partial charge in [0.2, 0.25) is 5.75 Å². The minimum absolute atomic E-state index is 0.00763. The van der Waals surface area contributed by atoms with E-state index in [1.165, 1.54) is 26.4 Å². The number of hydrogen-bond donors (Lipinski definition) is 2. The van der Waals surface area contributed by atoms with Crippen LogP contribution in [0.3, 0.4) is 0 Å². The predicted molar refractivity (Wildman–Crippen MR) is 76.8 cm³/mol. The number of methoxy groups -OCH3 is 2. The van der Waals surface area contributed by atoms with Crippen LogP contribution in [0, 0.1) is 0 Å². The Balaban J connectivity index is 2.94. The number of unbranched alkanes of at least 4 members (excludes halogenated alkanes) is 1. The molecule has 0 atom stereocenters. The molecule has 1 aromatic rings.